The van der Waals surface area contributed by atoms with E-state index in [-0.39, 0.29) is 17.5 Å². The summed E-state index contributed by atoms with van der Waals surface area (Å²) in [5.41, 5.74) is 5.29. The van der Waals surface area contributed by atoms with Gasteiger partial charge in [0.1, 0.15) is 12.3 Å². The van der Waals surface area contributed by atoms with Gasteiger partial charge in [-0.3, -0.25) is 0 Å². The highest BCUT2D eigenvalue weighted by molar-refractivity contribution is 5.95. The monoisotopic (exact) mass is 250 g/mol. The highest BCUT2D eigenvalue weighted by atomic mass is 19.4. The molecule has 0 bridgehead atoms. The zero-order valence-corrected chi connectivity index (χ0v) is 8.48. The molecule has 0 amide bonds. The fourth-order valence-electron chi connectivity index (χ4n) is 0.862. The molecule has 1 aromatic rings. The van der Waals surface area contributed by atoms with Gasteiger partial charge in [0.25, 0.3) is 0 Å². The van der Waals surface area contributed by atoms with Crippen molar-refractivity contribution < 1.29 is 23.1 Å². The number of halogens is 3. The van der Waals surface area contributed by atoms with E-state index >= 15 is 0 Å². The Morgan fingerprint density at radius 2 is 2.24 bits per heavy atom. The molecule has 0 aliphatic rings. The molecule has 94 valence electrons. The maximum absolute atomic E-state index is 11.8. The molecule has 1 rings (SSSR count). The number of hydrogen-bond acceptors (Lipinski definition) is 5. The van der Waals surface area contributed by atoms with Crippen molar-refractivity contribution >= 4 is 5.84 Å². The lowest BCUT2D eigenvalue weighted by atomic mass is 10.4. The van der Waals surface area contributed by atoms with Crippen LogP contribution in [0.4, 0.5) is 13.2 Å². The van der Waals surface area contributed by atoms with Gasteiger partial charge >= 0.3 is 12.2 Å². The molecule has 0 saturated heterocycles. The quantitative estimate of drug-likeness (QED) is 0.358. The minimum absolute atomic E-state index is 0.0597. The van der Waals surface area contributed by atoms with Gasteiger partial charge in [-0.15, -0.1) is 0 Å². The van der Waals surface area contributed by atoms with Crippen LogP contribution < -0.4 is 10.5 Å². The van der Waals surface area contributed by atoms with Gasteiger partial charge in [0, 0.05) is 6.20 Å². The van der Waals surface area contributed by atoms with Gasteiger partial charge in [-0.25, -0.2) is 4.98 Å². The van der Waals surface area contributed by atoms with Crippen LogP contribution in [-0.4, -0.2) is 33.8 Å². The molecule has 3 N–H and O–H groups in total. The number of aromatic nitrogens is 2. The number of nitrogens with two attached hydrogens (primary N) is 1. The lowest BCUT2D eigenvalue weighted by Gasteiger charge is -2.07. The number of ether oxygens (including phenoxy) is 1. The second-order valence-corrected chi connectivity index (χ2v) is 2.92. The highest BCUT2D eigenvalue weighted by Crippen LogP contribution is 2.19. The van der Waals surface area contributed by atoms with Crippen LogP contribution in [0, 0.1) is 0 Å². The Hall–Kier alpha value is -2.06. The maximum atomic E-state index is 11.8. The van der Waals surface area contributed by atoms with E-state index in [0.717, 1.165) is 0 Å². The molecule has 0 radical (unpaired) electrons. The first-order chi connectivity index (χ1) is 7.92. The molecular formula is C8H9F3N4O2. The molecule has 9 heteroatoms. The molecule has 0 fully saturated rings. The largest absolute Gasteiger partial charge is 0.463 e. The van der Waals surface area contributed by atoms with Crippen LogP contribution in [0.25, 0.3) is 0 Å². The topological polar surface area (TPSA) is 93.6 Å². The smallest absolute Gasteiger partial charge is 0.392 e. The molecule has 0 unspecified atom stereocenters. The normalized spacial score (nSPS) is 12.5. The summed E-state index contributed by atoms with van der Waals surface area (Å²) in [6, 6.07) is 1.06. The van der Waals surface area contributed by atoms with Gasteiger partial charge < -0.3 is 15.7 Å². The fourth-order valence-corrected chi connectivity index (χ4v) is 0.862. The Morgan fingerprint density at radius 1 is 1.53 bits per heavy atom. The van der Waals surface area contributed by atoms with Crippen molar-refractivity contribution in [2.24, 2.45) is 10.9 Å². The lowest BCUT2D eigenvalue weighted by molar-refractivity contribution is -0.139. The summed E-state index contributed by atoms with van der Waals surface area (Å²) in [6.45, 7) is -0.594. The van der Waals surface area contributed by atoms with Gasteiger partial charge in [-0.05, 0) is 6.07 Å². The van der Waals surface area contributed by atoms with E-state index in [4.69, 9.17) is 10.9 Å². The van der Waals surface area contributed by atoms with E-state index in [1.165, 1.54) is 12.3 Å². The summed E-state index contributed by atoms with van der Waals surface area (Å²) in [6.07, 6.45) is -4.18. The standard InChI is InChI=1S/C8H9F3N4O2/c9-8(10,11)2-4-17-7-13-3-1-5(14-7)6(12)15-16/h1,3,16H,2,4H2,(H2,12,15). The number of oxime groups is 1. The number of hydrogen-bond donors (Lipinski definition) is 2. The van der Waals surface area contributed by atoms with Crippen molar-refractivity contribution in [3.63, 3.8) is 0 Å². The number of nitrogens with zero attached hydrogens (tertiary/aromatic N) is 3. The van der Waals surface area contributed by atoms with Gasteiger partial charge in [0.05, 0.1) is 6.42 Å². The average molecular weight is 250 g/mol. The summed E-state index contributed by atoms with van der Waals surface area (Å²) in [5, 5.41) is 11.1. The van der Waals surface area contributed by atoms with Crippen LogP contribution in [0.2, 0.25) is 0 Å². The molecule has 0 aliphatic carbocycles. The maximum Gasteiger partial charge on any atom is 0.392 e. The van der Waals surface area contributed by atoms with Gasteiger partial charge in [-0.1, -0.05) is 5.16 Å². The predicted molar refractivity (Wildman–Crippen MR) is 50.7 cm³/mol. The van der Waals surface area contributed by atoms with Crippen LogP contribution >= 0.6 is 0 Å². The molecule has 17 heavy (non-hydrogen) atoms. The summed E-state index contributed by atoms with van der Waals surface area (Å²) >= 11 is 0. The zero-order chi connectivity index (χ0) is 12.9. The molecule has 0 aliphatic heterocycles. The van der Waals surface area contributed by atoms with Crippen molar-refractivity contribution in [2.75, 3.05) is 6.61 Å². The van der Waals surface area contributed by atoms with E-state index < -0.39 is 19.2 Å². The minimum Gasteiger partial charge on any atom is -0.463 e. The average Bonchev–Trinajstić information content (AvgIpc) is 2.27. The van der Waals surface area contributed by atoms with Crippen LogP contribution in [-0.2, 0) is 0 Å². The molecular weight excluding hydrogens is 241 g/mol. The molecule has 0 saturated carbocycles. The third-order valence-corrected chi connectivity index (χ3v) is 1.62. The zero-order valence-electron chi connectivity index (χ0n) is 8.48. The SMILES string of the molecule is N/C(=N/O)c1ccnc(OCCC(F)(F)F)n1. The third-order valence-electron chi connectivity index (χ3n) is 1.62. The van der Waals surface area contributed by atoms with Crippen LogP contribution in [0.3, 0.4) is 0 Å². The van der Waals surface area contributed by atoms with Crippen molar-refractivity contribution in [1.82, 2.24) is 9.97 Å². The third kappa shape index (κ3) is 4.53. The molecule has 0 aromatic carbocycles. The molecule has 6 nitrogen and oxygen atoms in total. The molecule has 1 heterocycles. The number of alkyl halides is 3. The first kappa shape index (κ1) is 13.0. The summed E-state index contributed by atoms with van der Waals surface area (Å²) in [4.78, 5) is 7.23. The predicted octanol–water partition coefficient (Wildman–Crippen LogP) is 0.902. The van der Waals surface area contributed by atoms with Gasteiger partial charge in [-0.2, -0.15) is 18.2 Å². The second-order valence-electron chi connectivity index (χ2n) is 2.92. The Balaban J connectivity index is 2.61. The van der Waals surface area contributed by atoms with Crippen molar-refractivity contribution in [1.29, 1.82) is 0 Å². The Kier molecular flexibility index (Phi) is 4.07. The van der Waals surface area contributed by atoms with E-state index in [1.54, 1.807) is 0 Å². The van der Waals surface area contributed by atoms with Crippen LogP contribution in [0.1, 0.15) is 12.1 Å². The summed E-state index contributed by atoms with van der Waals surface area (Å²) in [7, 11) is 0. The van der Waals surface area contributed by atoms with Crippen molar-refractivity contribution in [3.05, 3.63) is 18.0 Å². The fraction of sp³-hybridized carbons (Fsp3) is 0.375. The van der Waals surface area contributed by atoms with E-state index in [2.05, 4.69) is 19.9 Å². The van der Waals surface area contributed by atoms with E-state index in [0.29, 0.717) is 0 Å². The molecule has 1 aromatic heterocycles. The van der Waals surface area contributed by atoms with Gasteiger partial charge in [0.15, 0.2) is 5.84 Å². The Bertz CT molecular complexity index is 408. The summed E-state index contributed by atoms with van der Waals surface area (Å²) < 4.78 is 40.2. The minimum atomic E-state index is -4.30. The first-order valence-electron chi connectivity index (χ1n) is 4.43. The number of amidine groups is 1. The lowest BCUT2D eigenvalue weighted by Crippen LogP contribution is -2.17. The first-order valence-corrected chi connectivity index (χ1v) is 4.43. The Morgan fingerprint density at radius 3 is 2.82 bits per heavy atom. The van der Waals surface area contributed by atoms with Crippen molar-refractivity contribution in [3.8, 4) is 6.01 Å². The highest BCUT2D eigenvalue weighted by Gasteiger charge is 2.27. The van der Waals surface area contributed by atoms with Crippen molar-refractivity contribution in [2.45, 2.75) is 12.6 Å². The van der Waals surface area contributed by atoms with Crippen LogP contribution in [0.5, 0.6) is 6.01 Å². The van der Waals surface area contributed by atoms with Crippen LogP contribution in [0.15, 0.2) is 17.4 Å². The molecule has 0 atom stereocenters. The molecule has 0 spiro atoms. The van der Waals surface area contributed by atoms with Gasteiger partial charge in [0.2, 0.25) is 0 Å². The second kappa shape index (κ2) is 5.32. The summed E-state index contributed by atoms with van der Waals surface area (Å²) in [5.74, 6) is -0.284. The van der Waals surface area contributed by atoms with E-state index in [1.807, 2.05) is 0 Å². The Labute approximate surface area is 93.9 Å². The number of rotatable bonds is 4. The van der Waals surface area contributed by atoms with E-state index in [9.17, 15) is 13.2 Å².